The Bertz CT molecular complexity index is 2440. The first-order valence-corrected chi connectivity index (χ1v) is 14.5. The van der Waals surface area contributed by atoms with Crippen LogP contribution in [0, 0.1) is 0 Å². The van der Waals surface area contributed by atoms with Gasteiger partial charge in [0.1, 0.15) is 22.3 Å². The molecule has 3 aromatic heterocycles. The van der Waals surface area contributed by atoms with Crippen LogP contribution in [0.25, 0.3) is 89.2 Å². The van der Waals surface area contributed by atoms with Gasteiger partial charge in [-0.1, -0.05) is 109 Å². The summed E-state index contributed by atoms with van der Waals surface area (Å²) >= 11 is 0. The minimum atomic E-state index is 0.578. The first-order chi connectivity index (χ1) is 21.8. The van der Waals surface area contributed by atoms with Gasteiger partial charge in [0.25, 0.3) is 0 Å². The molecular formula is C39H23N3O2. The Morgan fingerprint density at radius 2 is 0.841 bits per heavy atom. The Morgan fingerprint density at radius 3 is 1.48 bits per heavy atom. The molecule has 44 heavy (non-hydrogen) atoms. The van der Waals surface area contributed by atoms with Gasteiger partial charge in [-0.2, -0.15) is 0 Å². The number of rotatable bonds is 4. The predicted octanol–water partition coefficient (Wildman–Crippen LogP) is 10.3. The van der Waals surface area contributed by atoms with Crippen LogP contribution < -0.4 is 0 Å². The average molecular weight is 566 g/mol. The maximum absolute atomic E-state index is 6.39. The van der Waals surface area contributed by atoms with Gasteiger partial charge in [0.05, 0.1) is 0 Å². The Labute approximate surface area is 252 Å². The van der Waals surface area contributed by atoms with Crippen LogP contribution in [0.15, 0.2) is 148 Å². The standard InChI is InChI=1S/C39H23N3O2/c1-3-12-24(13-4-1)37-40-38(25-14-5-2-6-15-25)42-39(41-37)36-27(22-23-33-35(36)29-17-8-10-20-31(29)44-33)26-18-11-21-32-34(26)28-16-7-9-19-30(28)43-32/h1-23H. The van der Waals surface area contributed by atoms with E-state index in [9.17, 15) is 0 Å². The summed E-state index contributed by atoms with van der Waals surface area (Å²) in [6.45, 7) is 0. The van der Waals surface area contributed by atoms with Crippen molar-refractivity contribution in [1.29, 1.82) is 0 Å². The molecule has 5 nitrogen and oxygen atoms in total. The third-order valence-electron chi connectivity index (χ3n) is 8.16. The summed E-state index contributed by atoms with van der Waals surface area (Å²) in [5.41, 5.74) is 8.03. The minimum Gasteiger partial charge on any atom is -0.456 e. The van der Waals surface area contributed by atoms with Gasteiger partial charge < -0.3 is 8.83 Å². The second kappa shape index (κ2) is 9.75. The number of furan rings is 2. The van der Waals surface area contributed by atoms with E-state index >= 15 is 0 Å². The van der Waals surface area contributed by atoms with Crippen molar-refractivity contribution < 1.29 is 8.83 Å². The van der Waals surface area contributed by atoms with Crippen LogP contribution in [0.5, 0.6) is 0 Å². The maximum atomic E-state index is 6.39. The normalized spacial score (nSPS) is 11.6. The van der Waals surface area contributed by atoms with Gasteiger partial charge in [0.2, 0.25) is 0 Å². The highest BCUT2D eigenvalue weighted by molar-refractivity contribution is 6.19. The smallest absolute Gasteiger partial charge is 0.165 e. The van der Waals surface area contributed by atoms with E-state index in [0.717, 1.165) is 71.7 Å². The van der Waals surface area contributed by atoms with Crippen LogP contribution in [-0.4, -0.2) is 15.0 Å². The van der Waals surface area contributed by atoms with Crippen molar-refractivity contribution in [1.82, 2.24) is 15.0 Å². The van der Waals surface area contributed by atoms with E-state index < -0.39 is 0 Å². The van der Waals surface area contributed by atoms with Gasteiger partial charge in [-0.25, -0.2) is 15.0 Å². The SMILES string of the molecule is c1ccc(-c2nc(-c3ccccc3)nc(-c3c(-c4cccc5oc6ccccc6c45)ccc4oc5ccccc5c34)n2)cc1. The molecule has 0 aliphatic rings. The molecule has 206 valence electrons. The zero-order valence-electron chi connectivity index (χ0n) is 23.4. The fraction of sp³-hybridized carbons (Fsp3) is 0. The number of fused-ring (bicyclic) bond motifs is 6. The van der Waals surface area contributed by atoms with Crippen LogP contribution in [-0.2, 0) is 0 Å². The first kappa shape index (κ1) is 24.5. The summed E-state index contributed by atoms with van der Waals surface area (Å²) in [5, 5.41) is 4.09. The number of nitrogens with zero attached hydrogens (tertiary/aromatic N) is 3. The largest absolute Gasteiger partial charge is 0.456 e. The molecule has 0 atom stereocenters. The fourth-order valence-electron chi connectivity index (χ4n) is 6.19. The molecule has 0 amide bonds. The lowest BCUT2D eigenvalue weighted by molar-refractivity contribution is 0.669. The predicted molar refractivity (Wildman–Crippen MR) is 176 cm³/mol. The van der Waals surface area contributed by atoms with Crippen molar-refractivity contribution in [3.63, 3.8) is 0 Å². The molecule has 0 aliphatic carbocycles. The zero-order valence-corrected chi connectivity index (χ0v) is 23.4. The van der Waals surface area contributed by atoms with Crippen LogP contribution >= 0.6 is 0 Å². The molecule has 9 aromatic rings. The molecule has 0 fully saturated rings. The maximum Gasteiger partial charge on any atom is 0.165 e. The first-order valence-electron chi connectivity index (χ1n) is 14.5. The molecule has 0 saturated carbocycles. The molecule has 5 heteroatoms. The van der Waals surface area contributed by atoms with Crippen molar-refractivity contribution in [2.75, 3.05) is 0 Å². The van der Waals surface area contributed by atoms with Crippen molar-refractivity contribution in [2.45, 2.75) is 0 Å². The molecule has 0 saturated heterocycles. The quantitative estimate of drug-likeness (QED) is 0.212. The third-order valence-corrected chi connectivity index (χ3v) is 8.16. The van der Waals surface area contributed by atoms with Crippen molar-refractivity contribution >= 4 is 43.9 Å². The topological polar surface area (TPSA) is 65.0 Å². The Hall–Kier alpha value is -6.07. The summed E-state index contributed by atoms with van der Waals surface area (Å²) < 4.78 is 12.7. The molecule has 0 bridgehead atoms. The van der Waals surface area contributed by atoms with E-state index in [4.69, 9.17) is 23.8 Å². The van der Waals surface area contributed by atoms with Gasteiger partial charge in [-0.05, 0) is 41.5 Å². The Balaban J connectivity index is 1.43. The molecule has 0 unspecified atom stereocenters. The van der Waals surface area contributed by atoms with Crippen LogP contribution in [0.3, 0.4) is 0 Å². The molecule has 0 aliphatic heterocycles. The zero-order chi connectivity index (χ0) is 29.0. The van der Waals surface area contributed by atoms with E-state index in [2.05, 4.69) is 24.3 Å². The summed E-state index contributed by atoms with van der Waals surface area (Å²) in [7, 11) is 0. The van der Waals surface area contributed by atoms with Gasteiger partial charge in [-0.15, -0.1) is 0 Å². The van der Waals surface area contributed by atoms with Gasteiger partial charge in [0.15, 0.2) is 17.5 Å². The lowest BCUT2D eigenvalue weighted by Gasteiger charge is -2.14. The summed E-state index contributed by atoms with van der Waals surface area (Å²) in [5.74, 6) is 1.80. The summed E-state index contributed by atoms with van der Waals surface area (Å²) in [6, 6.07) is 46.8. The minimum absolute atomic E-state index is 0.578. The Morgan fingerprint density at radius 1 is 0.341 bits per heavy atom. The number of para-hydroxylation sites is 2. The van der Waals surface area contributed by atoms with E-state index in [1.165, 1.54) is 0 Å². The number of benzene rings is 6. The molecule has 0 spiro atoms. The van der Waals surface area contributed by atoms with Crippen molar-refractivity contribution in [3.8, 4) is 45.3 Å². The number of aromatic nitrogens is 3. The van der Waals surface area contributed by atoms with E-state index in [1.54, 1.807) is 0 Å². The summed E-state index contributed by atoms with van der Waals surface area (Å²) in [6.07, 6.45) is 0. The second-order valence-electron chi connectivity index (χ2n) is 10.8. The molecule has 6 aromatic carbocycles. The van der Waals surface area contributed by atoms with Crippen molar-refractivity contribution in [3.05, 3.63) is 140 Å². The summed E-state index contributed by atoms with van der Waals surface area (Å²) in [4.78, 5) is 15.3. The molecule has 3 heterocycles. The highest BCUT2D eigenvalue weighted by atomic mass is 16.3. The van der Waals surface area contributed by atoms with Gasteiger partial charge >= 0.3 is 0 Å². The number of hydrogen-bond acceptors (Lipinski definition) is 5. The monoisotopic (exact) mass is 565 g/mol. The van der Waals surface area contributed by atoms with Crippen LogP contribution in [0.2, 0.25) is 0 Å². The lowest BCUT2D eigenvalue weighted by Crippen LogP contribution is -2.01. The third kappa shape index (κ3) is 3.83. The number of hydrogen-bond donors (Lipinski definition) is 0. The highest BCUT2D eigenvalue weighted by Crippen LogP contribution is 2.45. The van der Waals surface area contributed by atoms with Gasteiger partial charge in [-0.3, -0.25) is 0 Å². The Kier molecular flexibility index (Phi) is 5.43. The molecule has 9 rings (SSSR count). The van der Waals surface area contributed by atoms with E-state index in [-0.39, 0.29) is 0 Å². The van der Waals surface area contributed by atoms with E-state index in [0.29, 0.717) is 17.5 Å². The molecule has 0 radical (unpaired) electrons. The van der Waals surface area contributed by atoms with Crippen molar-refractivity contribution in [2.24, 2.45) is 0 Å². The average Bonchev–Trinajstić information content (AvgIpc) is 3.67. The fourth-order valence-corrected chi connectivity index (χ4v) is 6.19. The van der Waals surface area contributed by atoms with Crippen LogP contribution in [0.1, 0.15) is 0 Å². The second-order valence-corrected chi connectivity index (χ2v) is 10.8. The molecular weight excluding hydrogens is 542 g/mol. The molecule has 0 N–H and O–H groups in total. The van der Waals surface area contributed by atoms with Crippen LogP contribution in [0.4, 0.5) is 0 Å². The van der Waals surface area contributed by atoms with E-state index in [1.807, 2.05) is 115 Å². The lowest BCUT2D eigenvalue weighted by atomic mass is 9.92. The van der Waals surface area contributed by atoms with Gasteiger partial charge in [0, 0.05) is 38.2 Å². The highest BCUT2D eigenvalue weighted by Gasteiger charge is 2.23.